The third-order valence-electron chi connectivity index (χ3n) is 3.83. The Morgan fingerprint density at radius 1 is 1.12 bits per heavy atom. The number of pyridine rings is 1. The third-order valence-corrected chi connectivity index (χ3v) is 4.87. The van der Waals surface area contributed by atoms with Gasteiger partial charge >= 0.3 is 0 Å². The van der Waals surface area contributed by atoms with Crippen LogP contribution in [0.1, 0.15) is 10.5 Å². The standard InChI is InChI=1S/C17H13FN4OS/c18-12-1-3-13(4-2-12)22-11-20-10-15(22)17(23)21-7-8-24-16-5-6-19-9-14(16)21/h1-6,9-11H,7-8H2. The van der Waals surface area contributed by atoms with E-state index in [4.69, 9.17) is 0 Å². The molecule has 2 aromatic heterocycles. The molecule has 1 aliphatic heterocycles. The van der Waals surface area contributed by atoms with E-state index in [1.807, 2.05) is 6.07 Å². The Morgan fingerprint density at radius 3 is 2.79 bits per heavy atom. The van der Waals surface area contributed by atoms with Gasteiger partial charge in [0.25, 0.3) is 5.91 Å². The lowest BCUT2D eigenvalue weighted by molar-refractivity contribution is 0.0981. The van der Waals surface area contributed by atoms with Crippen LogP contribution in [-0.4, -0.2) is 32.7 Å². The van der Waals surface area contributed by atoms with Crippen molar-refractivity contribution < 1.29 is 9.18 Å². The largest absolute Gasteiger partial charge is 0.304 e. The molecule has 3 heterocycles. The molecule has 0 spiro atoms. The zero-order valence-electron chi connectivity index (χ0n) is 12.6. The number of halogens is 1. The number of rotatable bonds is 2. The van der Waals surface area contributed by atoms with Crippen LogP contribution in [0.4, 0.5) is 10.1 Å². The van der Waals surface area contributed by atoms with Crippen LogP contribution in [0.15, 0.2) is 60.1 Å². The van der Waals surface area contributed by atoms with Crippen LogP contribution >= 0.6 is 11.8 Å². The van der Waals surface area contributed by atoms with Gasteiger partial charge in [-0.1, -0.05) is 0 Å². The van der Waals surface area contributed by atoms with E-state index in [0.29, 0.717) is 17.9 Å². The summed E-state index contributed by atoms with van der Waals surface area (Å²) in [5.41, 5.74) is 1.93. The van der Waals surface area contributed by atoms with Crippen LogP contribution in [-0.2, 0) is 0 Å². The first-order valence-corrected chi connectivity index (χ1v) is 8.39. The number of aromatic nitrogens is 3. The fourth-order valence-electron chi connectivity index (χ4n) is 2.68. The molecular formula is C17H13FN4OS. The van der Waals surface area contributed by atoms with Crippen LogP contribution in [0.5, 0.6) is 0 Å². The number of hydrogen-bond donors (Lipinski definition) is 0. The Bertz CT molecular complexity index is 894. The zero-order valence-corrected chi connectivity index (χ0v) is 13.4. The van der Waals surface area contributed by atoms with Crippen molar-refractivity contribution in [3.63, 3.8) is 0 Å². The van der Waals surface area contributed by atoms with Crippen molar-refractivity contribution in [2.75, 3.05) is 17.2 Å². The van der Waals surface area contributed by atoms with Gasteiger partial charge in [0.15, 0.2) is 0 Å². The highest BCUT2D eigenvalue weighted by Gasteiger charge is 2.26. The molecule has 0 bridgehead atoms. The van der Waals surface area contributed by atoms with Crippen molar-refractivity contribution in [2.24, 2.45) is 0 Å². The SMILES string of the molecule is O=C(c1cncn1-c1ccc(F)cc1)N1CCSc2ccncc21. The molecule has 0 N–H and O–H groups in total. The summed E-state index contributed by atoms with van der Waals surface area (Å²) in [4.78, 5) is 24.0. The number of benzene rings is 1. The number of nitrogens with zero attached hydrogens (tertiary/aromatic N) is 4. The van der Waals surface area contributed by atoms with Gasteiger partial charge in [0, 0.05) is 29.1 Å². The Hall–Kier alpha value is -2.67. The quantitative estimate of drug-likeness (QED) is 0.719. The van der Waals surface area contributed by atoms with Gasteiger partial charge in [-0.3, -0.25) is 14.3 Å². The van der Waals surface area contributed by atoms with Crippen molar-refractivity contribution in [1.82, 2.24) is 14.5 Å². The number of fused-ring (bicyclic) bond motifs is 1. The lowest BCUT2D eigenvalue weighted by Gasteiger charge is -2.28. The van der Waals surface area contributed by atoms with Gasteiger partial charge in [-0.05, 0) is 30.3 Å². The van der Waals surface area contributed by atoms with E-state index < -0.39 is 0 Å². The summed E-state index contributed by atoms with van der Waals surface area (Å²) in [6.07, 6.45) is 6.52. The Balaban J connectivity index is 1.72. The highest BCUT2D eigenvalue weighted by molar-refractivity contribution is 7.99. The third kappa shape index (κ3) is 2.56. The molecule has 0 saturated carbocycles. The number of imidazole rings is 1. The molecule has 1 aromatic carbocycles. The summed E-state index contributed by atoms with van der Waals surface area (Å²) in [6.45, 7) is 0.608. The second-order valence-corrected chi connectivity index (χ2v) is 6.41. The van der Waals surface area contributed by atoms with Crippen LogP contribution in [0.25, 0.3) is 5.69 Å². The van der Waals surface area contributed by atoms with Crippen LogP contribution in [0, 0.1) is 5.82 Å². The van der Waals surface area contributed by atoms with Crippen molar-refractivity contribution in [2.45, 2.75) is 4.90 Å². The minimum atomic E-state index is -0.320. The Morgan fingerprint density at radius 2 is 1.96 bits per heavy atom. The van der Waals surface area contributed by atoms with E-state index in [2.05, 4.69) is 9.97 Å². The molecule has 120 valence electrons. The van der Waals surface area contributed by atoms with Gasteiger partial charge in [-0.2, -0.15) is 0 Å². The van der Waals surface area contributed by atoms with Crippen molar-refractivity contribution >= 4 is 23.4 Å². The molecule has 0 fully saturated rings. The lowest BCUT2D eigenvalue weighted by atomic mass is 10.2. The predicted octanol–water partition coefficient (Wildman–Crippen LogP) is 3.16. The smallest absolute Gasteiger partial charge is 0.277 e. The lowest BCUT2D eigenvalue weighted by Crippen LogP contribution is -2.36. The first-order valence-electron chi connectivity index (χ1n) is 7.41. The molecule has 7 heteroatoms. The maximum atomic E-state index is 13.1. The number of carbonyl (C=O) groups is 1. The molecule has 5 nitrogen and oxygen atoms in total. The van der Waals surface area contributed by atoms with Gasteiger partial charge in [-0.15, -0.1) is 11.8 Å². The van der Waals surface area contributed by atoms with Crippen LogP contribution in [0.2, 0.25) is 0 Å². The van der Waals surface area contributed by atoms with E-state index in [1.165, 1.54) is 18.3 Å². The fourth-order valence-corrected chi connectivity index (χ4v) is 3.64. The molecule has 0 unspecified atom stereocenters. The second-order valence-electron chi connectivity index (χ2n) is 5.27. The molecule has 24 heavy (non-hydrogen) atoms. The van der Waals surface area contributed by atoms with E-state index in [1.54, 1.807) is 52.1 Å². The molecule has 1 aliphatic rings. The molecule has 4 rings (SSSR count). The highest BCUT2D eigenvalue weighted by Crippen LogP contribution is 2.34. The number of amides is 1. The molecule has 0 aliphatic carbocycles. The summed E-state index contributed by atoms with van der Waals surface area (Å²) >= 11 is 1.71. The molecule has 0 atom stereocenters. The van der Waals surface area contributed by atoms with E-state index >= 15 is 0 Å². The van der Waals surface area contributed by atoms with Crippen LogP contribution in [0.3, 0.4) is 0 Å². The number of anilines is 1. The normalized spacial score (nSPS) is 13.6. The van der Waals surface area contributed by atoms with E-state index in [0.717, 1.165) is 16.3 Å². The minimum absolute atomic E-state index is 0.147. The molecule has 3 aromatic rings. The summed E-state index contributed by atoms with van der Waals surface area (Å²) in [5.74, 6) is 0.360. The van der Waals surface area contributed by atoms with E-state index in [9.17, 15) is 9.18 Å². The van der Waals surface area contributed by atoms with Gasteiger partial charge in [0.2, 0.25) is 0 Å². The maximum Gasteiger partial charge on any atom is 0.277 e. The summed E-state index contributed by atoms with van der Waals surface area (Å²) in [5, 5.41) is 0. The number of thioether (sulfide) groups is 1. The first-order chi connectivity index (χ1) is 11.7. The molecule has 1 amide bonds. The average molecular weight is 340 g/mol. The van der Waals surface area contributed by atoms with Gasteiger partial charge < -0.3 is 4.90 Å². The number of hydrogen-bond acceptors (Lipinski definition) is 4. The molecule has 0 saturated heterocycles. The molecular weight excluding hydrogens is 327 g/mol. The van der Waals surface area contributed by atoms with E-state index in [-0.39, 0.29) is 11.7 Å². The predicted molar refractivity (Wildman–Crippen MR) is 90.2 cm³/mol. The summed E-state index contributed by atoms with van der Waals surface area (Å²) in [6, 6.07) is 7.88. The first kappa shape index (κ1) is 14.9. The summed E-state index contributed by atoms with van der Waals surface area (Å²) in [7, 11) is 0. The van der Waals surface area contributed by atoms with Gasteiger partial charge in [0.1, 0.15) is 11.5 Å². The van der Waals surface area contributed by atoms with Crippen molar-refractivity contribution in [3.8, 4) is 5.69 Å². The number of carbonyl (C=O) groups excluding carboxylic acids is 1. The van der Waals surface area contributed by atoms with Gasteiger partial charge in [0.05, 0.1) is 24.4 Å². The van der Waals surface area contributed by atoms with Crippen LogP contribution < -0.4 is 4.90 Å². The Kier molecular flexibility index (Phi) is 3.78. The van der Waals surface area contributed by atoms with Crippen molar-refractivity contribution in [3.05, 3.63) is 66.8 Å². The fraction of sp³-hybridized carbons (Fsp3) is 0.118. The zero-order chi connectivity index (χ0) is 16.5. The van der Waals surface area contributed by atoms with Gasteiger partial charge in [-0.25, -0.2) is 9.37 Å². The van der Waals surface area contributed by atoms with Crippen molar-refractivity contribution in [1.29, 1.82) is 0 Å². The second kappa shape index (κ2) is 6.09. The summed E-state index contributed by atoms with van der Waals surface area (Å²) < 4.78 is 14.8. The molecule has 0 radical (unpaired) electrons. The average Bonchev–Trinajstić information content (AvgIpc) is 3.11. The topological polar surface area (TPSA) is 51.0 Å². The maximum absolute atomic E-state index is 13.1. The monoisotopic (exact) mass is 340 g/mol. The minimum Gasteiger partial charge on any atom is -0.304 e. The Labute approximate surface area is 142 Å². The highest BCUT2D eigenvalue weighted by atomic mass is 32.2.